The summed E-state index contributed by atoms with van der Waals surface area (Å²) < 4.78 is 0. The Hall–Kier alpha value is -1.50. The highest BCUT2D eigenvalue weighted by Crippen LogP contribution is 2.39. The molecule has 0 aromatic heterocycles. The summed E-state index contributed by atoms with van der Waals surface area (Å²) in [6.45, 7) is 11.0. The second-order valence-electron chi connectivity index (χ2n) is 4.43. The van der Waals surface area contributed by atoms with Crippen LogP contribution in [0.2, 0.25) is 0 Å². The van der Waals surface area contributed by atoms with Crippen LogP contribution in [0, 0.1) is 0 Å². The Morgan fingerprint density at radius 3 is 2.81 bits per heavy atom. The molecule has 0 spiro atoms. The van der Waals surface area contributed by atoms with Crippen LogP contribution >= 0.6 is 0 Å². The number of rotatable bonds is 2. The Labute approximate surface area is 98.1 Å². The molecule has 0 amide bonds. The van der Waals surface area contributed by atoms with E-state index < -0.39 is 0 Å². The number of hydrogen-bond acceptors (Lipinski definition) is 1. The molecule has 84 valence electrons. The van der Waals surface area contributed by atoms with Gasteiger partial charge in [0.2, 0.25) is 0 Å². The highest BCUT2D eigenvalue weighted by atomic mass is 15.2. The van der Waals surface area contributed by atoms with E-state index >= 15 is 0 Å². The van der Waals surface area contributed by atoms with E-state index in [4.69, 9.17) is 0 Å². The zero-order valence-electron chi connectivity index (χ0n) is 9.95. The van der Waals surface area contributed by atoms with Gasteiger partial charge in [0.25, 0.3) is 0 Å². The molecule has 2 rings (SSSR count). The Balaban J connectivity index is 2.17. The van der Waals surface area contributed by atoms with Gasteiger partial charge in [-0.15, -0.1) is 0 Å². The quantitative estimate of drug-likeness (QED) is 0.677. The first-order valence-electron chi connectivity index (χ1n) is 5.84. The van der Waals surface area contributed by atoms with Gasteiger partial charge in [-0.25, -0.2) is 0 Å². The largest absolute Gasteiger partial charge is 0.364 e. The SMILES string of the molecule is C=C/C=C1\C(=C)CC2C/C(=C/C=C\C)CN12. The molecule has 1 nitrogen and oxygen atoms in total. The molecule has 1 atom stereocenters. The summed E-state index contributed by atoms with van der Waals surface area (Å²) in [7, 11) is 0. The van der Waals surface area contributed by atoms with Crippen LogP contribution in [0.4, 0.5) is 0 Å². The Morgan fingerprint density at radius 1 is 1.31 bits per heavy atom. The summed E-state index contributed by atoms with van der Waals surface area (Å²) in [6.07, 6.45) is 12.7. The Morgan fingerprint density at radius 2 is 2.12 bits per heavy atom. The first kappa shape index (κ1) is 11.0. The first-order valence-corrected chi connectivity index (χ1v) is 5.84. The second-order valence-corrected chi connectivity index (χ2v) is 4.43. The molecule has 0 saturated carbocycles. The lowest BCUT2D eigenvalue weighted by atomic mass is 10.1. The molecule has 0 aromatic rings. The van der Waals surface area contributed by atoms with Gasteiger partial charge >= 0.3 is 0 Å². The van der Waals surface area contributed by atoms with E-state index in [9.17, 15) is 0 Å². The molecule has 2 aliphatic rings. The summed E-state index contributed by atoms with van der Waals surface area (Å²) in [5.41, 5.74) is 4.06. The summed E-state index contributed by atoms with van der Waals surface area (Å²) in [5, 5.41) is 0. The number of nitrogens with zero attached hydrogens (tertiary/aromatic N) is 1. The van der Waals surface area contributed by atoms with E-state index in [1.54, 1.807) is 0 Å². The van der Waals surface area contributed by atoms with Gasteiger partial charge in [-0.1, -0.05) is 37.5 Å². The molecule has 1 heteroatoms. The molecular formula is C15H19N. The molecule has 16 heavy (non-hydrogen) atoms. The van der Waals surface area contributed by atoms with E-state index in [1.807, 2.05) is 6.08 Å². The summed E-state index contributed by atoms with van der Waals surface area (Å²) in [5.74, 6) is 0. The highest BCUT2D eigenvalue weighted by Gasteiger charge is 2.35. The van der Waals surface area contributed by atoms with Gasteiger partial charge in [-0.05, 0) is 37.0 Å². The summed E-state index contributed by atoms with van der Waals surface area (Å²) >= 11 is 0. The van der Waals surface area contributed by atoms with Crippen molar-refractivity contribution in [2.75, 3.05) is 6.54 Å². The monoisotopic (exact) mass is 213 g/mol. The molecule has 2 fully saturated rings. The van der Waals surface area contributed by atoms with Gasteiger partial charge in [0.1, 0.15) is 0 Å². The molecule has 0 radical (unpaired) electrons. The van der Waals surface area contributed by atoms with Crippen molar-refractivity contribution < 1.29 is 0 Å². The van der Waals surface area contributed by atoms with Gasteiger partial charge in [0.15, 0.2) is 0 Å². The summed E-state index contributed by atoms with van der Waals surface area (Å²) in [6, 6.07) is 0.634. The van der Waals surface area contributed by atoms with Crippen molar-refractivity contribution in [2.45, 2.75) is 25.8 Å². The minimum atomic E-state index is 0.634. The summed E-state index contributed by atoms with van der Waals surface area (Å²) in [4.78, 5) is 2.46. The van der Waals surface area contributed by atoms with E-state index in [1.165, 1.54) is 23.3 Å². The molecule has 0 aliphatic carbocycles. The van der Waals surface area contributed by atoms with Gasteiger partial charge < -0.3 is 4.90 Å². The lowest BCUT2D eigenvalue weighted by Crippen LogP contribution is -2.20. The Bertz CT molecular complexity index is 396. The van der Waals surface area contributed by atoms with Crippen LogP contribution in [-0.2, 0) is 0 Å². The van der Waals surface area contributed by atoms with Gasteiger partial charge in [-0.3, -0.25) is 0 Å². The molecule has 2 aliphatic heterocycles. The third-order valence-corrected chi connectivity index (χ3v) is 3.27. The third kappa shape index (κ3) is 1.90. The van der Waals surface area contributed by atoms with Crippen LogP contribution in [0.5, 0.6) is 0 Å². The van der Waals surface area contributed by atoms with Crippen LogP contribution in [-0.4, -0.2) is 17.5 Å². The minimum absolute atomic E-state index is 0.634. The van der Waals surface area contributed by atoms with E-state index in [0.29, 0.717) is 6.04 Å². The van der Waals surface area contributed by atoms with Crippen LogP contribution in [0.3, 0.4) is 0 Å². The highest BCUT2D eigenvalue weighted by molar-refractivity contribution is 5.40. The van der Waals surface area contributed by atoms with Crippen molar-refractivity contribution in [3.8, 4) is 0 Å². The molecule has 0 N–H and O–H groups in total. The van der Waals surface area contributed by atoms with E-state index in [2.05, 4.69) is 49.3 Å². The van der Waals surface area contributed by atoms with Crippen molar-refractivity contribution in [1.29, 1.82) is 0 Å². The molecule has 2 saturated heterocycles. The molecular weight excluding hydrogens is 194 g/mol. The standard InChI is InChI=1S/C15H19N/c1-4-6-8-13-10-14-9-12(3)15(7-5-2)16(14)11-13/h4-8,14H,2-3,9-11H2,1H3/b6-4-,13-8-,15-7+. The molecule has 1 unspecified atom stereocenters. The van der Waals surface area contributed by atoms with Crippen LogP contribution in [0.15, 0.2) is 60.4 Å². The average molecular weight is 213 g/mol. The Kier molecular flexibility index (Phi) is 3.14. The third-order valence-electron chi connectivity index (χ3n) is 3.27. The molecule has 0 aromatic carbocycles. The van der Waals surface area contributed by atoms with Crippen LogP contribution in [0.25, 0.3) is 0 Å². The van der Waals surface area contributed by atoms with E-state index in [0.717, 1.165) is 13.0 Å². The maximum Gasteiger partial charge on any atom is 0.0399 e. The normalized spacial score (nSPS) is 29.7. The predicted octanol–water partition coefficient (Wildman–Crippen LogP) is 3.59. The minimum Gasteiger partial charge on any atom is -0.364 e. The van der Waals surface area contributed by atoms with Gasteiger partial charge in [0.05, 0.1) is 0 Å². The van der Waals surface area contributed by atoms with Crippen molar-refractivity contribution >= 4 is 0 Å². The maximum absolute atomic E-state index is 4.13. The fraction of sp³-hybridized carbons (Fsp3) is 0.333. The average Bonchev–Trinajstić information content (AvgIpc) is 2.76. The zero-order chi connectivity index (χ0) is 11.5. The van der Waals surface area contributed by atoms with Crippen molar-refractivity contribution in [2.24, 2.45) is 0 Å². The van der Waals surface area contributed by atoms with Crippen LogP contribution < -0.4 is 0 Å². The van der Waals surface area contributed by atoms with Crippen molar-refractivity contribution in [3.05, 3.63) is 60.4 Å². The predicted molar refractivity (Wildman–Crippen MR) is 70.0 cm³/mol. The van der Waals surface area contributed by atoms with Crippen molar-refractivity contribution in [1.82, 2.24) is 4.90 Å². The zero-order valence-corrected chi connectivity index (χ0v) is 9.95. The number of allylic oxidation sites excluding steroid dienone is 6. The number of fused-ring (bicyclic) bond motifs is 1. The fourth-order valence-electron chi connectivity index (χ4n) is 2.56. The maximum atomic E-state index is 4.13. The smallest absolute Gasteiger partial charge is 0.0399 e. The van der Waals surface area contributed by atoms with Gasteiger partial charge in [-0.2, -0.15) is 0 Å². The fourth-order valence-corrected chi connectivity index (χ4v) is 2.56. The van der Waals surface area contributed by atoms with E-state index in [-0.39, 0.29) is 0 Å². The lowest BCUT2D eigenvalue weighted by molar-refractivity contribution is 0.374. The topological polar surface area (TPSA) is 3.24 Å². The second kappa shape index (κ2) is 4.56. The lowest BCUT2D eigenvalue weighted by Gasteiger charge is -2.18. The molecule has 2 heterocycles. The molecule has 0 bridgehead atoms. The van der Waals surface area contributed by atoms with Crippen molar-refractivity contribution in [3.63, 3.8) is 0 Å². The van der Waals surface area contributed by atoms with Gasteiger partial charge in [0, 0.05) is 18.3 Å². The number of hydrogen-bond donors (Lipinski definition) is 0. The van der Waals surface area contributed by atoms with Crippen LogP contribution in [0.1, 0.15) is 19.8 Å². The first-order chi connectivity index (χ1) is 7.76.